The third-order valence-corrected chi connectivity index (χ3v) is 2.80. The Morgan fingerprint density at radius 1 is 1.47 bits per heavy atom. The largest absolute Gasteiger partial charge is 0.315 e. The van der Waals surface area contributed by atoms with Crippen LogP contribution in [-0.4, -0.2) is 22.4 Å². The van der Waals surface area contributed by atoms with Gasteiger partial charge in [0.2, 0.25) is 0 Å². The first kappa shape index (κ1) is 12.2. The van der Waals surface area contributed by atoms with Gasteiger partial charge in [-0.05, 0) is 38.8 Å². The summed E-state index contributed by atoms with van der Waals surface area (Å²) in [4.78, 5) is 0. The first-order valence-electron chi connectivity index (χ1n) is 5.94. The summed E-state index contributed by atoms with van der Waals surface area (Å²) < 4.78 is 1.97. The zero-order valence-electron chi connectivity index (χ0n) is 10.2. The second-order valence-corrected chi connectivity index (χ2v) is 4.15. The van der Waals surface area contributed by atoms with E-state index in [0.717, 1.165) is 13.0 Å². The zero-order chi connectivity index (χ0) is 11.1. The van der Waals surface area contributed by atoms with Gasteiger partial charge in [-0.1, -0.05) is 13.3 Å². The maximum Gasteiger partial charge on any atom is 0.0492 e. The summed E-state index contributed by atoms with van der Waals surface area (Å²) in [5.74, 6) is 0. The first-order valence-corrected chi connectivity index (χ1v) is 5.94. The van der Waals surface area contributed by atoms with Gasteiger partial charge in [0.15, 0.2) is 0 Å². The molecular formula is C12H23N3. The fraction of sp³-hybridized carbons (Fsp3) is 0.750. The molecule has 0 aliphatic heterocycles. The van der Waals surface area contributed by atoms with Gasteiger partial charge in [-0.25, -0.2) is 0 Å². The zero-order valence-corrected chi connectivity index (χ0v) is 10.2. The van der Waals surface area contributed by atoms with Crippen molar-refractivity contribution in [2.45, 2.75) is 45.6 Å². The van der Waals surface area contributed by atoms with Crippen LogP contribution in [0.15, 0.2) is 12.3 Å². The average molecular weight is 209 g/mol. The number of aryl methyl sites for hydroxylation is 2. The molecule has 3 heteroatoms. The highest BCUT2D eigenvalue weighted by Crippen LogP contribution is 2.06. The monoisotopic (exact) mass is 209 g/mol. The van der Waals surface area contributed by atoms with Gasteiger partial charge in [0.1, 0.15) is 0 Å². The van der Waals surface area contributed by atoms with Gasteiger partial charge in [-0.2, -0.15) is 5.10 Å². The van der Waals surface area contributed by atoms with Crippen molar-refractivity contribution < 1.29 is 0 Å². The molecule has 0 fully saturated rings. The van der Waals surface area contributed by atoms with E-state index in [1.807, 2.05) is 17.9 Å². The van der Waals surface area contributed by atoms with Gasteiger partial charge in [-0.15, -0.1) is 0 Å². The molecule has 0 radical (unpaired) electrons. The Balaban J connectivity index is 2.09. The number of nitrogens with zero attached hydrogens (tertiary/aromatic N) is 2. The Hall–Kier alpha value is -0.830. The molecule has 1 rings (SSSR count). The van der Waals surface area contributed by atoms with Crippen molar-refractivity contribution in [3.8, 4) is 0 Å². The molecule has 1 heterocycles. The van der Waals surface area contributed by atoms with Crippen molar-refractivity contribution in [3.05, 3.63) is 18.0 Å². The lowest BCUT2D eigenvalue weighted by Gasteiger charge is -2.11. The molecule has 3 nitrogen and oxygen atoms in total. The topological polar surface area (TPSA) is 29.9 Å². The van der Waals surface area contributed by atoms with Crippen molar-refractivity contribution in [1.29, 1.82) is 0 Å². The Kier molecular flexibility index (Phi) is 5.40. The van der Waals surface area contributed by atoms with Gasteiger partial charge < -0.3 is 5.32 Å². The van der Waals surface area contributed by atoms with Crippen LogP contribution < -0.4 is 5.32 Å². The fourth-order valence-electron chi connectivity index (χ4n) is 1.85. The first-order chi connectivity index (χ1) is 7.24. The molecule has 0 amide bonds. The van der Waals surface area contributed by atoms with E-state index in [2.05, 4.69) is 30.3 Å². The lowest BCUT2D eigenvalue weighted by molar-refractivity contribution is 0.499. The molecule has 0 aliphatic carbocycles. The Morgan fingerprint density at radius 2 is 2.27 bits per heavy atom. The number of hydrogen-bond acceptors (Lipinski definition) is 2. The molecule has 1 aromatic rings. The molecule has 1 atom stereocenters. The van der Waals surface area contributed by atoms with Crippen LogP contribution in [0.1, 0.15) is 38.8 Å². The van der Waals surface area contributed by atoms with E-state index in [-0.39, 0.29) is 0 Å². The van der Waals surface area contributed by atoms with Crippen LogP contribution in [-0.2, 0) is 13.5 Å². The summed E-state index contributed by atoms with van der Waals surface area (Å²) in [6, 6.07) is 2.76. The van der Waals surface area contributed by atoms with Crippen molar-refractivity contribution >= 4 is 0 Å². The van der Waals surface area contributed by atoms with Crippen molar-refractivity contribution in [1.82, 2.24) is 15.1 Å². The molecule has 0 aromatic carbocycles. The normalized spacial score (nSPS) is 13.0. The van der Waals surface area contributed by atoms with E-state index in [9.17, 15) is 0 Å². The van der Waals surface area contributed by atoms with Crippen LogP contribution in [0.25, 0.3) is 0 Å². The molecular weight excluding hydrogens is 186 g/mol. The Labute approximate surface area is 92.9 Å². The number of nitrogens with one attached hydrogen (secondary N) is 1. The average Bonchev–Trinajstić information content (AvgIpc) is 2.60. The maximum absolute atomic E-state index is 4.16. The number of rotatable bonds is 7. The fourth-order valence-corrected chi connectivity index (χ4v) is 1.85. The third kappa shape index (κ3) is 4.47. The van der Waals surface area contributed by atoms with Crippen LogP contribution in [0.2, 0.25) is 0 Å². The summed E-state index contributed by atoms with van der Waals surface area (Å²) in [5.41, 5.74) is 1.34. The molecule has 86 valence electrons. The predicted molar refractivity (Wildman–Crippen MR) is 63.9 cm³/mol. The van der Waals surface area contributed by atoms with Crippen molar-refractivity contribution in [2.75, 3.05) is 6.54 Å². The molecule has 0 bridgehead atoms. The minimum absolute atomic E-state index is 0.654. The van der Waals surface area contributed by atoms with E-state index in [1.54, 1.807) is 0 Å². The van der Waals surface area contributed by atoms with E-state index in [1.165, 1.54) is 25.0 Å². The summed E-state index contributed by atoms with van der Waals surface area (Å²) in [7, 11) is 2.01. The summed E-state index contributed by atoms with van der Waals surface area (Å²) in [6.45, 7) is 5.49. The van der Waals surface area contributed by atoms with E-state index < -0.39 is 0 Å². The predicted octanol–water partition coefficient (Wildman–Crippen LogP) is 2.13. The Bertz CT molecular complexity index is 268. The molecule has 15 heavy (non-hydrogen) atoms. The molecule has 1 N–H and O–H groups in total. The minimum Gasteiger partial charge on any atom is -0.315 e. The quantitative estimate of drug-likeness (QED) is 0.697. The number of hydrogen-bond donors (Lipinski definition) is 1. The second kappa shape index (κ2) is 6.62. The highest BCUT2D eigenvalue weighted by Gasteiger charge is 2.01. The standard InChI is InChI=1S/C12H23N3/c1-4-13-11(2)7-5-6-8-12-9-10-14-15(12)3/h9-11,13H,4-8H2,1-3H3. The summed E-state index contributed by atoms with van der Waals surface area (Å²) in [6.07, 6.45) is 6.84. The highest BCUT2D eigenvalue weighted by molar-refractivity contribution is 4.99. The smallest absolute Gasteiger partial charge is 0.0492 e. The summed E-state index contributed by atoms with van der Waals surface area (Å²) >= 11 is 0. The van der Waals surface area contributed by atoms with Gasteiger partial charge in [0.25, 0.3) is 0 Å². The van der Waals surface area contributed by atoms with E-state index >= 15 is 0 Å². The van der Waals surface area contributed by atoms with Crippen LogP contribution in [0.5, 0.6) is 0 Å². The lowest BCUT2D eigenvalue weighted by atomic mass is 10.1. The molecule has 1 aromatic heterocycles. The second-order valence-electron chi connectivity index (χ2n) is 4.15. The molecule has 0 aliphatic rings. The van der Waals surface area contributed by atoms with Crippen LogP contribution in [0.4, 0.5) is 0 Å². The lowest BCUT2D eigenvalue weighted by Crippen LogP contribution is -2.25. The van der Waals surface area contributed by atoms with Gasteiger partial charge in [0.05, 0.1) is 0 Å². The van der Waals surface area contributed by atoms with Crippen molar-refractivity contribution in [2.24, 2.45) is 7.05 Å². The number of aromatic nitrogens is 2. The van der Waals surface area contributed by atoms with Crippen LogP contribution in [0, 0.1) is 0 Å². The number of unbranched alkanes of at least 4 members (excludes halogenated alkanes) is 1. The molecule has 0 spiro atoms. The highest BCUT2D eigenvalue weighted by atomic mass is 15.2. The van der Waals surface area contributed by atoms with Crippen LogP contribution in [0.3, 0.4) is 0 Å². The SMILES string of the molecule is CCNC(C)CCCCc1ccnn1C. The molecule has 1 unspecified atom stereocenters. The van der Waals surface area contributed by atoms with Crippen LogP contribution >= 0.6 is 0 Å². The minimum atomic E-state index is 0.654. The molecule has 0 saturated heterocycles. The van der Waals surface area contributed by atoms with Crippen molar-refractivity contribution in [3.63, 3.8) is 0 Å². The van der Waals surface area contributed by atoms with Gasteiger partial charge in [-0.3, -0.25) is 4.68 Å². The summed E-state index contributed by atoms with van der Waals surface area (Å²) in [5, 5.41) is 7.60. The van der Waals surface area contributed by atoms with Gasteiger partial charge in [0, 0.05) is 25.0 Å². The van der Waals surface area contributed by atoms with E-state index in [0.29, 0.717) is 6.04 Å². The Morgan fingerprint density at radius 3 is 2.87 bits per heavy atom. The molecule has 0 saturated carbocycles. The maximum atomic E-state index is 4.16. The third-order valence-electron chi connectivity index (χ3n) is 2.80. The van der Waals surface area contributed by atoms with E-state index in [4.69, 9.17) is 0 Å². The van der Waals surface area contributed by atoms with Gasteiger partial charge >= 0.3 is 0 Å².